The normalized spacial score (nSPS) is 10.8. The van der Waals surface area contributed by atoms with Crippen molar-refractivity contribution in [2.24, 2.45) is 7.05 Å². The molecule has 1 aromatic heterocycles. The summed E-state index contributed by atoms with van der Waals surface area (Å²) in [7, 11) is 1.67. The first-order valence-corrected chi connectivity index (χ1v) is 7.00. The molecule has 21 heavy (non-hydrogen) atoms. The molecule has 0 saturated carbocycles. The first-order valence-electron chi connectivity index (χ1n) is 6.25. The highest BCUT2D eigenvalue weighted by atomic mass is 35.5. The zero-order valence-corrected chi connectivity index (χ0v) is 12.6. The zero-order valence-electron chi connectivity index (χ0n) is 11.1. The van der Waals surface area contributed by atoms with Gasteiger partial charge in [-0.3, -0.25) is 4.57 Å². The van der Waals surface area contributed by atoms with Gasteiger partial charge in [-0.2, -0.15) is 4.68 Å². The Morgan fingerprint density at radius 1 is 1.00 bits per heavy atom. The summed E-state index contributed by atoms with van der Waals surface area (Å²) >= 11 is 11.9. The van der Waals surface area contributed by atoms with Crippen LogP contribution in [0.3, 0.4) is 0 Å². The topological polar surface area (TPSA) is 39.8 Å². The molecular formula is C15H11Cl2N3O. The highest BCUT2D eigenvalue weighted by molar-refractivity contribution is 6.42. The summed E-state index contributed by atoms with van der Waals surface area (Å²) in [6.07, 6.45) is 0. The molecule has 0 aliphatic carbocycles. The Morgan fingerprint density at radius 3 is 2.38 bits per heavy atom. The molecular weight excluding hydrogens is 309 g/mol. The first kappa shape index (κ1) is 13.9. The Kier molecular flexibility index (Phi) is 3.57. The quantitative estimate of drug-likeness (QED) is 0.724. The molecule has 1 heterocycles. The Balaban J connectivity index is 2.17. The van der Waals surface area contributed by atoms with E-state index in [0.29, 0.717) is 21.6 Å². The molecule has 4 nitrogen and oxygen atoms in total. The second-order valence-corrected chi connectivity index (χ2v) is 5.36. The lowest BCUT2D eigenvalue weighted by Gasteiger charge is -2.01. The molecule has 3 rings (SSSR count). The van der Waals surface area contributed by atoms with E-state index in [1.165, 1.54) is 9.25 Å². The van der Waals surface area contributed by atoms with Crippen LogP contribution in [0.15, 0.2) is 53.3 Å². The van der Waals surface area contributed by atoms with Gasteiger partial charge in [0, 0.05) is 12.6 Å². The summed E-state index contributed by atoms with van der Waals surface area (Å²) in [6.45, 7) is 0. The second-order valence-electron chi connectivity index (χ2n) is 4.54. The number of benzene rings is 2. The third-order valence-corrected chi connectivity index (χ3v) is 3.90. The van der Waals surface area contributed by atoms with Crippen molar-refractivity contribution in [3.05, 3.63) is 69.1 Å². The Bertz CT molecular complexity index is 853. The molecule has 0 saturated heterocycles. The van der Waals surface area contributed by atoms with E-state index in [1.807, 2.05) is 30.3 Å². The minimum Gasteiger partial charge on any atom is -0.278 e. The molecule has 0 fully saturated rings. The van der Waals surface area contributed by atoms with Crippen molar-refractivity contribution in [2.75, 3.05) is 0 Å². The van der Waals surface area contributed by atoms with Gasteiger partial charge in [0.25, 0.3) is 0 Å². The van der Waals surface area contributed by atoms with E-state index in [9.17, 15) is 4.79 Å². The largest absolute Gasteiger partial charge is 0.350 e. The maximum absolute atomic E-state index is 12.3. The summed E-state index contributed by atoms with van der Waals surface area (Å²) in [4.78, 5) is 12.3. The molecule has 2 aromatic carbocycles. The lowest BCUT2D eigenvalue weighted by atomic mass is 10.2. The van der Waals surface area contributed by atoms with Crippen LogP contribution in [0.25, 0.3) is 17.1 Å². The van der Waals surface area contributed by atoms with Crippen molar-refractivity contribution in [2.45, 2.75) is 0 Å². The van der Waals surface area contributed by atoms with Gasteiger partial charge in [-0.15, -0.1) is 5.10 Å². The van der Waals surface area contributed by atoms with Crippen LogP contribution in [0, 0.1) is 0 Å². The van der Waals surface area contributed by atoms with Crippen molar-refractivity contribution >= 4 is 23.2 Å². The van der Waals surface area contributed by atoms with Crippen LogP contribution in [0.1, 0.15) is 0 Å². The third kappa shape index (κ3) is 2.48. The molecule has 0 unspecified atom stereocenters. The van der Waals surface area contributed by atoms with Crippen LogP contribution in [-0.2, 0) is 7.05 Å². The number of nitrogens with zero attached hydrogens (tertiary/aromatic N) is 3. The Morgan fingerprint density at radius 2 is 1.71 bits per heavy atom. The lowest BCUT2D eigenvalue weighted by molar-refractivity contribution is 0.799. The molecule has 0 aliphatic heterocycles. The summed E-state index contributed by atoms with van der Waals surface area (Å²) in [6, 6.07) is 14.4. The molecule has 0 radical (unpaired) electrons. The second kappa shape index (κ2) is 5.39. The van der Waals surface area contributed by atoms with E-state index >= 15 is 0 Å². The average molecular weight is 320 g/mol. The van der Waals surface area contributed by atoms with Crippen LogP contribution in [0.4, 0.5) is 0 Å². The van der Waals surface area contributed by atoms with Crippen LogP contribution in [0.2, 0.25) is 10.0 Å². The van der Waals surface area contributed by atoms with Gasteiger partial charge in [0.1, 0.15) is 0 Å². The first-order chi connectivity index (χ1) is 10.1. The Labute approximate surface area is 131 Å². The summed E-state index contributed by atoms with van der Waals surface area (Å²) in [5, 5.41) is 5.28. The highest BCUT2D eigenvalue weighted by Crippen LogP contribution is 2.27. The number of para-hydroxylation sites is 1. The van der Waals surface area contributed by atoms with Crippen LogP contribution in [-0.4, -0.2) is 14.3 Å². The maximum Gasteiger partial charge on any atom is 0.350 e. The zero-order chi connectivity index (χ0) is 15.0. The van der Waals surface area contributed by atoms with E-state index in [2.05, 4.69) is 5.10 Å². The van der Waals surface area contributed by atoms with Gasteiger partial charge in [-0.05, 0) is 30.3 Å². The molecule has 0 bridgehead atoms. The van der Waals surface area contributed by atoms with E-state index in [0.717, 1.165) is 5.56 Å². The van der Waals surface area contributed by atoms with Crippen molar-refractivity contribution in [3.8, 4) is 17.1 Å². The highest BCUT2D eigenvalue weighted by Gasteiger charge is 2.14. The molecule has 6 heteroatoms. The summed E-state index contributed by atoms with van der Waals surface area (Å²) in [5.41, 5.74) is 1.23. The fourth-order valence-corrected chi connectivity index (χ4v) is 2.36. The SMILES string of the molecule is Cn1c(-c2ccc(Cl)c(Cl)c2)nn(-c2ccccc2)c1=O. The number of aromatic nitrogens is 3. The Hall–Kier alpha value is -2.04. The smallest absolute Gasteiger partial charge is 0.278 e. The molecule has 106 valence electrons. The van der Waals surface area contributed by atoms with Gasteiger partial charge in [0.15, 0.2) is 5.82 Å². The minimum absolute atomic E-state index is 0.220. The third-order valence-electron chi connectivity index (χ3n) is 3.16. The van der Waals surface area contributed by atoms with E-state index in [1.54, 1.807) is 25.2 Å². The molecule has 3 aromatic rings. The molecule has 0 N–H and O–H groups in total. The molecule has 0 amide bonds. The van der Waals surface area contributed by atoms with E-state index in [-0.39, 0.29) is 5.69 Å². The van der Waals surface area contributed by atoms with Gasteiger partial charge in [0.05, 0.1) is 15.7 Å². The monoisotopic (exact) mass is 319 g/mol. The summed E-state index contributed by atoms with van der Waals surface area (Å²) in [5.74, 6) is 0.530. The summed E-state index contributed by atoms with van der Waals surface area (Å²) < 4.78 is 2.84. The van der Waals surface area contributed by atoms with Gasteiger partial charge < -0.3 is 0 Å². The van der Waals surface area contributed by atoms with Gasteiger partial charge >= 0.3 is 5.69 Å². The van der Waals surface area contributed by atoms with Crippen molar-refractivity contribution in [3.63, 3.8) is 0 Å². The standard InChI is InChI=1S/C15H11Cl2N3O/c1-19-14(10-7-8-12(16)13(17)9-10)18-20(15(19)21)11-5-3-2-4-6-11/h2-9H,1H3. The fraction of sp³-hybridized carbons (Fsp3) is 0.0667. The lowest BCUT2D eigenvalue weighted by Crippen LogP contribution is -2.21. The van der Waals surface area contributed by atoms with E-state index < -0.39 is 0 Å². The number of hydrogen-bond donors (Lipinski definition) is 0. The van der Waals surface area contributed by atoms with Gasteiger partial charge in [-0.25, -0.2) is 4.79 Å². The minimum atomic E-state index is -0.220. The fourth-order valence-electron chi connectivity index (χ4n) is 2.06. The van der Waals surface area contributed by atoms with Crippen LogP contribution in [0.5, 0.6) is 0 Å². The van der Waals surface area contributed by atoms with Crippen molar-refractivity contribution in [1.82, 2.24) is 14.3 Å². The molecule has 0 atom stereocenters. The predicted molar refractivity (Wildman–Crippen MR) is 84.3 cm³/mol. The number of rotatable bonds is 2. The average Bonchev–Trinajstić information content (AvgIpc) is 2.79. The van der Waals surface area contributed by atoms with Crippen LogP contribution < -0.4 is 5.69 Å². The van der Waals surface area contributed by atoms with Crippen LogP contribution >= 0.6 is 23.2 Å². The van der Waals surface area contributed by atoms with Crippen molar-refractivity contribution < 1.29 is 0 Å². The van der Waals surface area contributed by atoms with Gasteiger partial charge in [0.2, 0.25) is 0 Å². The number of halogens is 2. The molecule has 0 aliphatic rings. The van der Waals surface area contributed by atoms with Gasteiger partial charge in [-0.1, -0.05) is 41.4 Å². The van der Waals surface area contributed by atoms with E-state index in [4.69, 9.17) is 23.2 Å². The number of hydrogen-bond acceptors (Lipinski definition) is 2. The molecule has 0 spiro atoms. The van der Waals surface area contributed by atoms with Crippen molar-refractivity contribution in [1.29, 1.82) is 0 Å². The predicted octanol–water partition coefficient (Wildman–Crippen LogP) is 3.54. The maximum atomic E-state index is 12.3.